The third kappa shape index (κ3) is 3.90. The maximum Gasteiger partial charge on any atom is 0.228 e. The lowest BCUT2D eigenvalue weighted by Crippen LogP contribution is -2.31. The van der Waals surface area contributed by atoms with E-state index in [2.05, 4.69) is 6.07 Å². The number of methoxy groups -OCH3 is 1. The molecule has 2 aromatic rings. The van der Waals surface area contributed by atoms with Gasteiger partial charge in [-0.3, -0.25) is 4.79 Å². The van der Waals surface area contributed by atoms with Gasteiger partial charge in [-0.15, -0.1) is 0 Å². The smallest absolute Gasteiger partial charge is 0.228 e. The van der Waals surface area contributed by atoms with E-state index in [0.29, 0.717) is 17.9 Å². The molecule has 0 aliphatic rings. The van der Waals surface area contributed by atoms with Crippen molar-refractivity contribution in [2.45, 2.75) is 19.3 Å². The van der Waals surface area contributed by atoms with Crippen LogP contribution in [0.15, 0.2) is 48.5 Å². The van der Waals surface area contributed by atoms with Crippen LogP contribution in [0.3, 0.4) is 0 Å². The van der Waals surface area contributed by atoms with Crippen LogP contribution in [0.1, 0.15) is 24.8 Å². The molecule has 0 aromatic heterocycles. The summed E-state index contributed by atoms with van der Waals surface area (Å²) in [4.78, 5) is 14.2. The van der Waals surface area contributed by atoms with Gasteiger partial charge < -0.3 is 9.64 Å². The summed E-state index contributed by atoms with van der Waals surface area (Å²) in [6.07, 6.45) is -0.0426. The predicted octanol–water partition coefficient (Wildman–Crippen LogP) is 3.88. The molecule has 1 atom stereocenters. The third-order valence-electron chi connectivity index (χ3n) is 3.79. The summed E-state index contributed by atoms with van der Waals surface area (Å²) in [5.74, 6) is -1.03. The summed E-state index contributed by atoms with van der Waals surface area (Å²) in [5, 5.41) is 9.47. The van der Waals surface area contributed by atoms with Crippen LogP contribution in [0.25, 0.3) is 0 Å². The minimum Gasteiger partial charge on any atom is -0.496 e. The maximum atomic E-state index is 13.5. The quantitative estimate of drug-likeness (QED) is 0.809. The lowest BCUT2D eigenvalue weighted by Gasteiger charge is -2.22. The Kier molecular flexibility index (Phi) is 5.91. The fourth-order valence-corrected chi connectivity index (χ4v) is 2.60. The number of benzene rings is 2. The number of amides is 1. The standard InChI is InChI=1S/C19H19FN2O2/c1-3-22(16-7-5-4-6-8-16)19(23)11-14(13-21)17-12-15(20)9-10-18(17)24-2/h4-10,12,14H,3,11H2,1-2H3. The van der Waals surface area contributed by atoms with Crippen molar-refractivity contribution in [2.24, 2.45) is 0 Å². The fraction of sp³-hybridized carbons (Fsp3) is 0.263. The van der Waals surface area contributed by atoms with Gasteiger partial charge in [-0.05, 0) is 37.3 Å². The molecule has 1 unspecified atom stereocenters. The van der Waals surface area contributed by atoms with Crippen LogP contribution in [0, 0.1) is 17.1 Å². The summed E-state index contributed by atoms with van der Waals surface area (Å²) >= 11 is 0. The van der Waals surface area contributed by atoms with Gasteiger partial charge in [-0.25, -0.2) is 4.39 Å². The first kappa shape index (κ1) is 17.5. The van der Waals surface area contributed by atoms with Crippen LogP contribution in [0.4, 0.5) is 10.1 Å². The molecule has 0 saturated heterocycles. The van der Waals surface area contributed by atoms with Gasteiger partial charge in [0.2, 0.25) is 5.91 Å². The Labute approximate surface area is 141 Å². The highest BCUT2D eigenvalue weighted by atomic mass is 19.1. The number of carbonyl (C=O) groups excluding carboxylic acids is 1. The molecule has 24 heavy (non-hydrogen) atoms. The molecular weight excluding hydrogens is 307 g/mol. The van der Waals surface area contributed by atoms with Crippen molar-refractivity contribution in [3.8, 4) is 11.8 Å². The molecule has 2 rings (SSSR count). The number of hydrogen-bond acceptors (Lipinski definition) is 3. The average Bonchev–Trinajstić information content (AvgIpc) is 2.61. The molecule has 0 fully saturated rings. The van der Waals surface area contributed by atoms with Crippen molar-refractivity contribution in [2.75, 3.05) is 18.6 Å². The summed E-state index contributed by atoms with van der Waals surface area (Å²) in [6, 6.07) is 15.3. The molecule has 2 aromatic carbocycles. The van der Waals surface area contributed by atoms with Gasteiger partial charge in [0.05, 0.1) is 19.1 Å². The Balaban J connectivity index is 2.25. The van der Waals surface area contributed by atoms with E-state index in [-0.39, 0.29) is 12.3 Å². The molecule has 0 heterocycles. The monoisotopic (exact) mass is 326 g/mol. The molecule has 1 amide bonds. The van der Waals surface area contributed by atoms with Gasteiger partial charge >= 0.3 is 0 Å². The number of carbonyl (C=O) groups is 1. The number of hydrogen-bond donors (Lipinski definition) is 0. The normalized spacial score (nSPS) is 11.4. The summed E-state index contributed by atoms with van der Waals surface area (Å²) in [6.45, 7) is 2.36. The van der Waals surface area contributed by atoms with E-state index in [1.165, 1.54) is 25.3 Å². The van der Waals surface area contributed by atoms with E-state index in [9.17, 15) is 14.4 Å². The first-order chi connectivity index (χ1) is 11.6. The minimum atomic E-state index is -0.777. The first-order valence-electron chi connectivity index (χ1n) is 7.69. The van der Waals surface area contributed by atoms with Gasteiger partial charge in [0.15, 0.2) is 0 Å². The SMILES string of the molecule is CCN(C(=O)CC(C#N)c1cc(F)ccc1OC)c1ccccc1. The number of para-hydroxylation sites is 1. The van der Waals surface area contributed by atoms with E-state index in [1.54, 1.807) is 4.90 Å². The molecule has 4 nitrogen and oxygen atoms in total. The molecule has 5 heteroatoms. The van der Waals surface area contributed by atoms with Crippen molar-refractivity contribution in [1.29, 1.82) is 5.26 Å². The maximum absolute atomic E-state index is 13.5. The van der Waals surface area contributed by atoms with Gasteiger partial charge in [0, 0.05) is 24.2 Å². The minimum absolute atomic E-state index is 0.0426. The zero-order valence-electron chi connectivity index (χ0n) is 13.7. The Morgan fingerprint density at radius 1 is 1.29 bits per heavy atom. The molecule has 0 bridgehead atoms. The largest absolute Gasteiger partial charge is 0.496 e. The van der Waals surface area contributed by atoms with Crippen molar-refractivity contribution in [1.82, 2.24) is 0 Å². The summed E-state index contributed by atoms with van der Waals surface area (Å²) < 4.78 is 18.7. The Morgan fingerprint density at radius 2 is 2.00 bits per heavy atom. The van der Waals surface area contributed by atoms with E-state index in [4.69, 9.17) is 4.74 Å². The summed E-state index contributed by atoms with van der Waals surface area (Å²) in [7, 11) is 1.45. The van der Waals surface area contributed by atoms with E-state index < -0.39 is 11.7 Å². The van der Waals surface area contributed by atoms with Crippen LogP contribution in [0.5, 0.6) is 5.75 Å². The molecular formula is C19H19FN2O2. The van der Waals surface area contributed by atoms with Crippen molar-refractivity contribution in [3.63, 3.8) is 0 Å². The zero-order valence-corrected chi connectivity index (χ0v) is 13.7. The second kappa shape index (κ2) is 8.11. The zero-order chi connectivity index (χ0) is 17.5. The Bertz CT molecular complexity index is 741. The molecule has 0 saturated carbocycles. The van der Waals surface area contributed by atoms with Crippen molar-refractivity contribution >= 4 is 11.6 Å². The predicted molar refractivity (Wildman–Crippen MR) is 90.4 cm³/mol. The third-order valence-corrected chi connectivity index (χ3v) is 3.79. The van der Waals surface area contributed by atoms with Crippen LogP contribution >= 0.6 is 0 Å². The number of ether oxygens (including phenoxy) is 1. The highest BCUT2D eigenvalue weighted by Crippen LogP contribution is 2.30. The van der Waals surface area contributed by atoms with Crippen LogP contribution in [0.2, 0.25) is 0 Å². The Morgan fingerprint density at radius 3 is 2.58 bits per heavy atom. The molecule has 0 aliphatic heterocycles. The topological polar surface area (TPSA) is 53.3 Å². The fourth-order valence-electron chi connectivity index (χ4n) is 2.60. The summed E-state index contributed by atoms with van der Waals surface area (Å²) in [5.41, 5.74) is 1.16. The second-order valence-corrected chi connectivity index (χ2v) is 5.25. The molecule has 0 N–H and O–H groups in total. The van der Waals surface area contributed by atoms with E-state index in [1.807, 2.05) is 37.3 Å². The van der Waals surface area contributed by atoms with Gasteiger partial charge in [-0.1, -0.05) is 18.2 Å². The van der Waals surface area contributed by atoms with Crippen LogP contribution < -0.4 is 9.64 Å². The molecule has 0 spiro atoms. The Hall–Kier alpha value is -2.87. The van der Waals surface area contributed by atoms with Gasteiger partial charge in [0.1, 0.15) is 11.6 Å². The van der Waals surface area contributed by atoms with Crippen molar-refractivity contribution in [3.05, 3.63) is 59.9 Å². The number of rotatable bonds is 6. The lowest BCUT2D eigenvalue weighted by molar-refractivity contribution is -0.118. The highest BCUT2D eigenvalue weighted by molar-refractivity contribution is 5.94. The second-order valence-electron chi connectivity index (χ2n) is 5.25. The van der Waals surface area contributed by atoms with Crippen LogP contribution in [-0.4, -0.2) is 19.6 Å². The number of anilines is 1. The number of nitriles is 1. The lowest BCUT2D eigenvalue weighted by atomic mass is 9.95. The van der Waals surface area contributed by atoms with E-state index >= 15 is 0 Å². The average molecular weight is 326 g/mol. The van der Waals surface area contributed by atoms with E-state index in [0.717, 1.165) is 5.69 Å². The number of nitrogens with zero attached hydrogens (tertiary/aromatic N) is 2. The number of halogens is 1. The molecule has 0 radical (unpaired) electrons. The first-order valence-corrected chi connectivity index (χ1v) is 7.69. The molecule has 0 aliphatic carbocycles. The van der Waals surface area contributed by atoms with Crippen molar-refractivity contribution < 1.29 is 13.9 Å². The van der Waals surface area contributed by atoms with Gasteiger partial charge in [-0.2, -0.15) is 5.26 Å². The molecule has 124 valence electrons. The van der Waals surface area contributed by atoms with Crippen LogP contribution in [-0.2, 0) is 4.79 Å². The van der Waals surface area contributed by atoms with Gasteiger partial charge in [0.25, 0.3) is 0 Å². The highest BCUT2D eigenvalue weighted by Gasteiger charge is 2.23.